The summed E-state index contributed by atoms with van der Waals surface area (Å²) in [7, 11) is -2.41. The Morgan fingerprint density at radius 3 is 2.27 bits per heavy atom. The van der Waals surface area contributed by atoms with Crippen molar-refractivity contribution in [2.45, 2.75) is 45.3 Å². The summed E-state index contributed by atoms with van der Waals surface area (Å²) in [5, 5.41) is 3.40. The molecular weight excluding hydrogens is 585 g/mol. The Morgan fingerprint density at radius 1 is 0.976 bits per heavy atom. The van der Waals surface area contributed by atoms with Crippen molar-refractivity contribution in [2.75, 3.05) is 24.2 Å². The number of rotatable bonds is 13. The maximum atomic E-state index is 14.1. The molecule has 2 amide bonds. The van der Waals surface area contributed by atoms with Crippen LogP contribution in [0.25, 0.3) is 0 Å². The maximum absolute atomic E-state index is 14.1. The molecule has 0 bridgehead atoms. The van der Waals surface area contributed by atoms with E-state index in [1.807, 2.05) is 50.2 Å². The zero-order chi connectivity index (χ0) is 30.2. The van der Waals surface area contributed by atoms with Crippen LogP contribution in [0.4, 0.5) is 5.69 Å². The van der Waals surface area contributed by atoms with Gasteiger partial charge in [-0.3, -0.25) is 13.9 Å². The zero-order valence-electron chi connectivity index (χ0n) is 23.5. The van der Waals surface area contributed by atoms with Gasteiger partial charge in [0.2, 0.25) is 21.8 Å². The molecule has 11 heteroatoms. The van der Waals surface area contributed by atoms with Crippen LogP contribution in [0.3, 0.4) is 0 Å². The van der Waals surface area contributed by atoms with Crippen molar-refractivity contribution in [3.63, 3.8) is 0 Å². The fourth-order valence-electron chi connectivity index (χ4n) is 4.24. The highest BCUT2D eigenvalue weighted by Gasteiger charge is 2.34. The lowest BCUT2D eigenvalue weighted by atomic mass is 10.0. The summed E-state index contributed by atoms with van der Waals surface area (Å²) < 4.78 is 32.1. The average Bonchev–Trinajstić information content (AvgIpc) is 2.93. The average molecular weight is 621 g/mol. The summed E-state index contributed by atoms with van der Waals surface area (Å²) in [6.07, 6.45) is 1.92. The van der Waals surface area contributed by atoms with Gasteiger partial charge in [0, 0.05) is 24.0 Å². The number of sulfonamides is 1. The molecule has 0 fully saturated rings. The fraction of sp³-hybridized carbons (Fsp3) is 0.333. The molecule has 3 aromatic rings. The van der Waals surface area contributed by atoms with Crippen LogP contribution in [0.5, 0.6) is 5.75 Å². The fourth-order valence-corrected chi connectivity index (χ4v) is 5.66. The zero-order valence-corrected chi connectivity index (χ0v) is 25.8. The number of hydrogen-bond acceptors (Lipinski definition) is 5. The molecule has 0 aliphatic rings. The number of ether oxygens (including phenoxy) is 1. The molecule has 0 heterocycles. The Kier molecular flexibility index (Phi) is 11.5. The first-order valence-electron chi connectivity index (χ1n) is 13.1. The third-order valence-corrected chi connectivity index (χ3v) is 8.28. The maximum Gasteiger partial charge on any atom is 0.244 e. The summed E-state index contributed by atoms with van der Waals surface area (Å²) in [5.41, 5.74) is 1.67. The second-order valence-electron chi connectivity index (χ2n) is 9.76. The number of carbonyl (C=O) groups is 2. The first-order chi connectivity index (χ1) is 19.4. The van der Waals surface area contributed by atoms with E-state index in [0.29, 0.717) is 22.8 Å². The van der Waals surface area contributed by atoms with Gasteiger partial charge in [0.25, 0.3) is 0 Å². The molecule has 1 N–H and O–H groups in total. The minimum absolute atomic E-state index is 0.0351. The van der Waals surface area contributed by atoms with Crippen molar-refractivity contribution in [2.24, 2.45) is 0 Å². The molecule has 0 saturated heterocycles. The van der Waals surface area contributed by atoms with Crippen LogP contribution in [0.15, 0.2) is 72.8 Å². The molecular formula is C30H35Cl2N3O5S. The lowest BCUT2D eigenvalue weighted by Gasteiger charge is -2.34. The minimum Gasteiger partial charge on any atom is -0.497 e. The van der Waals surface area contributed by atoms with E-state index in [1.54, 1.807) is 25.3 Å². The van der Waals surface area contributed by atoms with Gasteiger partial charge in [-0.2, -0.15) is 0 Å². The third kappa shape index (κ3) is 9.11. The smallest absolute Gasteiger partial charge is 0.244 e. The van der Waals surface area contributed by atoms with E-state index < -0.39 is 28.5 Å². The first kappa shape index (κ1) is 32.2. The lowest BCUT2D eigenvalue weighted by molar-refractivity contribution is -0.140. The van der Waals surface area contributed by atoms with Gasteiger partial charge >= 0.3 is 0 Å². The van der Waals surface area contributed by atoms with Crippen molar-refractivity contribution >= 4 is 50.7 Å². The molecule has 0 aliphatic heterocycles. The lowest BCUT2D eigenvalue weighted by Crippen LogP contribution is -2.54. The Hall–Kier alpha value is -3.27. The second-order valence-corrected chi connectivity index (χ2v) is 12.5. The van der Waals surface area contributed by atoms with Crippen LogP contribution in [0.2, 0.25) is 10.0 Å². The molecule has 0 saturated carbocycles. The van der Waals surface area contributed by atoms with Crippen molar-refractivity contribution < 1.29 is 22.7 Å². The monoisotopic (exact) mass is 619 g/mol. The largest absolute Gasteiger partial charge is 0.497 e. The molecule has 0 aromatic heterocycles. The summed E-state index contributed by atoms with van der Waals surface area (Å²) in [5.74, 6) is -0.330. The number of amides is 2. The van der Waals surface area contributed by atoms with Crippen molar-refractivity contribution in [3.05, 3.63) is 94.0 Å². The molecule has 3 rings (SSSR count). The van der Waals surface area contributed by atoms with Gasteiger partial charge in [0.05, 0.1) is 24.1 Å². The van der Waals surface area contributed by atoms with Gasteiger partial charge in [-0.1, -0.05) is 72.6 Å². The summed E-state index contributed by atoms with van der Waals surface area (Å²) >= 11 is 12.4. The number of nitrogens with one attached hydrogen (secondary N) is 1. The van der Waals surface area contributed by atoms with E-state index in [-0.39, 0.29) is 35.6 Å². The molecule has 0 aliphatic carbocycles. The molecule has 0 radical (unpaired) electrons. The molecule has 220 valence electrons. The Balaban J connectivity index is 2.09. The van der Waals surface area contributed by atoms with E-state index in [0.717, 1.165) is 16.1 Å². The van der Waals surface area contributed by atoms with Gasteiger partial charge in [-0.15, -0.1) is 0 Å². The highest BCUT2D eigenvalue weighted by atomic mass is 35.5. The summed E-state index contributed by atoms with van der Waals surface area (Å²) in [6, 6.07) is 19.8. The Bertz CT molecular complexity index is 1450. The van der Waals surface area contributed by atoms with Crippen LogP contribution in [0.1, 0.15) is 31.4 Å². The first-order valence-corrected chi connectivity index (χ1v) is 15.7. The molecule has 0 unspecified atom stereocenters. The normalized spacial score (nSPS) is 12.7. The van der Waals surface area contributed by atoms with Crippen molar-refractivity contribution in [3.8, 4) is 5.75 Å². The number of nitrogens with zero attached hydrogens (tertiary/aromatic N) is 2. The number of halogens is 2. The molecule has 2 atom stereocenters. The predicted octanol–water partition coefficient (Wildman–Crippen LogP) is 5.32. The minimum atomic E-state index is -3.96. The van der Waals surface area contributed by atoms with E-state index in [9.17, 15) is 18.0 Å². The Labute approximate surface area is 252 Å². The molecule has 41 heavy (non-hydrogen) atoms. The van der Waals surface area contributed by atoms with Crippen LogP contribution in [-0.4, -0.2) is 57.1 Å². The Morgan fingerprint density at radius 2 is 1.66 bits per heavy atom. The van der Waals surface area contributed by atoms with E-state index in [4.69, 9.17) is 27.9 Å². The molecule has 0 spiro atoms. The second kappa shape index (κ2) is 14.6. The number of anilines is 1. The van der Waals surface area contributed by atoms with Gasteiger partial charge in [0.1, 0.15) is 18.3 Å². The standard InChI is InChI=1S/C30H35Cl2N3O5S/c1-5-21(2)33-30(37)28(17-22-10-7-6-8-11-22)34(19-23-12-9-13-25(16-23)40-3)29(36)20-35(41(4,38)39)27-15-14-24(31)18-26(27)32/h6-16,18,21,28H,5,17,19-20H2,1-4H3,(H,33,37)/t21-,28-/m0/s1. The van der Waals surface area contributed by atoms with Crippen LogP contribution < -0.4 is 14.4 Å². The number of hydrogen-bond donors (Lipinski definition) is 1. The van der Waals surface area contributed by atoms with Crippen LogP contribution >= 0.6 is 23.2 Å². The van der Waals surface area contributed by atoms with Gasteiger partial charge in [-0.25, -0.2) is 8.42 Å². The van der Waals surface area contributed by atoms with Crippen LogP contribution in [0, 0.1) is 0 Å². The predicted molar refractivity (Wildman–Crippen MR) is 164 cm³/mol. The quantitative estimate of drug-likeness (QED) is 0.279. The van der Waals surface area contributed by atoms with Crippen molar-refractivity contribution in [1.29, 1.82) is 0 Å². The highest BCUT2D eigenvalue weighted by molar-refractivity contribution is 7.92. The third-order valence-electron chi connectivity index (χ3n) is 6.62. The number of benzene rings is 3. The number of methoxy groups -OCH3 is 1. The topological polar surface area (TPSA) is 96.0 Å². The van der Waals surface area contributed by atoms with Gasteiger partial charge in [0.15, 0.2) is 0 Å². The van der Waals surface area contributed by atoms with Crippen LogP contribution in [-0.2, 0) is 32.6 Å². The summed E-state index contributed by atoms with van der Waals surface area (Å²) in [6.45, 7) is 3.30. The number of carbonyl (C=O) groups excluding carboxylic acids is 2. The van der Waals surface area contributed by atoms with E-state index in [2.05, 4.69) is 5.32 Å². The highest BCUT2D eigenvalue weighted by Crippen LogP contribution is 2.31. The van der Waals surface area contributed by atoms with Crippen molar-refractivity contribution in [1.82, 2.24) is 10.2 Å². The summed E-state index contributed by atoms with van der Waals surface area (Å²) in [4.78, 5) is 29.3. The van der Waals surface area contributed by atoms with E-state index in [1.165, 1.54) is 23.1 Å². The molecule has 3 aromatic carbocycles. The van der Waals surface area contributed by atoms with E-state index >= 15 is 0 Å². The van der Waals surface area contributed by atoms with Gasteiger partial charge in [-0.05, 0) is 54.8 Å². The van der Waals surface area contributed by atoms with Gasteiger partial charge < -0.3 is 15.0 Å². The SMILES string of the molecule is CC[C@H](C)NC(=O)[C@H](Cc1ccccc1)N(Cc1cccc(OC)c1)C(=O)CN(c1ccc(Cl)cc1Cl)S(C)(=O)=O. The molecule has 8 nitrogen and oxygen atoms in total.